The molecule has 0 spiro atoms. The third kappa shape index (κ3) is 3.71. The molecule has 0 unspecified atom stereocenters. The Hall–Kier alpha value is -2.44. The van der Waals surface area contributed by atoms with Gasteiger partial charge in [0.1, 0.15) is 6.17 Å². The summed E-state index contributed by atoms with van der Waals surface area (Å²) in [5.74, 6) is 0. The molecule has 2 aromatic rings. The summed E-state index contributed by atoms with van der Waals surface area (Å²) in [5.41, 5.74) is 3.68. The van der Waals surface area contributed by atoms with Crippen LogP contribution in [0.1, 0.15) is 25.3 Å². The van der Waals surface area contributed by atoms with Crippen LogP contribution in [0, 0.1) is 16.7 Å². The number of rotatable bonds is 5. The molecule has 1 saturated heterocycles. The molecule has 2 atom stereocenters. The predicted molar refractivity (Wildman–Crippen MR) is 104 cm³/mol. The first-order valence-corrected chi connectivity index (χ1v) is 9.09. The molecule has 0 N–H and O–H groups in total. The minimum absolute atomic E-state index is 0.211. The van der Waals surface area contributed by atoms with Gasteiger partial charge >= 0.3 is 0 Å². The number of likely N-dealkylation sites (tertiary alicyclic amines) is 1. The smallest absolute Gasteiger partial charge is 0.123 e. The summed E-state index contributed by atoms with van der Waals surface area (Å²) >= 11 is 0. The summed E-state index contributed by atoms with van der Waals surface area (Å²) in [4.78, 5) is 2.14. The van der Waals surface area contributed by atoms with Crippen molar-refractivity contribution in [3.8, 4) is 17.2 Å². The highest BCUT2D eigenvalue weighted by molar-refractivity contribution is 5.63. The van der Waals surface area contributed by atoms with E-state index in [4.69, 9.17) is 5.26 Å². The SMILES string of the molecule is C=C(C)[C@]1(CC#N)CCN(Cc2ccc(-c3ccccc3)cc2)C[C@H]1F. The molecule has 26 heavy (non-hydrogen) atoms. The molecule has 0 radical (unpaired) electrons. The number of alkyl halides is 1. The maximum absolute atomic E-state index is 14.9. The lowest BCUT2D eigenvalue weighted by molar-refractivity contribution is 0.0305. The Labute approximate surface area is 155 Å². The molecule has 0 aromatic heterocycles. The third-order valence-electron chi connectivity index (χ3n) is 5.60. The molecular weight excluding hydrogens is 323 g/mol. The van der Waals surface area contributed by atoms with Gasteiger partial charge in [0, 0.05) is 24.9 Å². The fraction of sp³-hybridized carbons (Fsp3) is 0.348. The van der Waals surface area contributed by atoms with Crippen molar-refractivity contribution in [1.29, 1.82) is 5.26 Å². The summed E-state index contributed by atoms with van der Waals surface area (Å²) in [5, 5.41) is 9.10. The van der Waals surface area contributed by atoms with Crippen molar-refractivity contribution in [3.05, 3.63) is 72.3 Å². The average molecular weight is 348 g/mol. The molecular formula is C23H25FN2. The van der Waals surface area contributed by atoms with E-state index >= 15 is 0 Å². The zero-order valence-electron chi connectivity index (χ0n) is 15.3. The first kappa shape index (κ1) is 18.4. The van der Waals surface area contributed by atoms with Gasteiger partial charge in [-0.1, -0.05) is 66.7 Å². The molecule has 2 aromatic carbocycles. The lowest BCUT2D eigenvalue weighted by Crippen LogP contribution is -2.49. The van der Waals surface area contributed by atoms with Gasteiger partial charge in [0.05, 0.1) is 6.07 Å². The van der Waals surface area contributed by atoms with E-state index in [1.54, 1.807) is 0 Å². The molecule has 134 valence electrons. The van der Waals surface area contributed by atoms with Crippen LogP contribution < -0.4 is 0 Å². The molecule has 3 rings (SSSR count). The van der Waals surface area contributed by atoms with Crippen LogP contribution in [0.5, 0.6) is 0 Å². The van der Waals surface area contributed by atoms with Crippen LogP contribution in [0.25, 0.3) is 11.1 Å². The largest absolute Gasteiger partial charge is 0.296 e. The first-order valence-electron chi connectivity index (χ1n) is 9.09. The van der Waals surface area contributed by atoms with Crippen molar-refractivity contribution in [2.24, 2.45) is 5.41 Å². The Morgan fingerprint density at radius 2 is 1.85 bits per heavy atom. The van der Waals surface area contributed by atoms with Crippen LogP contribution in [0.4, 0.5) is 4.39 Å². The zero-order chi connectivity index (χ0) is 18.6. The summed E-state index contributed by atoms with van der Waals surface area (Å²) in [6.07, 6.45) is -0.181. The minimum Gasteiger partial charge on any atom is -0.296 e. The molecule has 1 aliphatic heterocycles. The van der Waals surface area contributed by atoms with Gasteiger partial charge in [0.25, 0.3) is 0 Å². The highest BCUT2D eigenvalue weighted by Crippen LogP contribution is 2.43. The second-order valence-corrected chi connectivity index (χ2v) is 7.29. The van der Waals surface area contributed by atoms with Gasteiger partial charge in [-0.25, -0.2) is 4.39 Å². The highest BCUT2D eigenvalue weighted by Gasteiger charge is 2.44. The first-order chi connectivity index (χ1) is 12.5. The number of halogens is 1. The van der Waals surface area contributed by atoms with Gasteiger partial charge in [0.15, 0.2) is 0 Å². The van der Waals surface area contributed by atoms with Crippen LogP contribution in [-0.2, 0) is 6.54 Å². The quantitative estimate of drug-likeness (QED) is 0.679. The number of hydrogen-bond donors (Lipinski definition) is 0. The predicted octanol–water partition coefficient (Wildman–Crippen LogP) is 5.37. The normalized spacial score (nSPS) is 23.3. The number of hydrogen-bond acceptors (Lipinski definition) is 2. The van der Waals surface area contributed by atoms with Crippen molar-refractivity contribution in [2.75, 3.05) is 13.1 Å². The topological polar surface area (TPSA) is 27.0 Å². The average Bonchev–Trinajstić information content (AvgIpc) is 2.65. The molecule has 0 aliphatic carbocycles. The maximum atomic E-state index is 14.9. The molecule has 0 bridgehead atoms. The molecule has 0 amide bonds. The maximum Gasteiger partial charge on any atom is 0.123 e. The van der Waals surface area contributed by atoms with E-state index in [1.165, 1.54) is 16.7 Å². The van der Waals surface area contributed by atoms with Crippen molar-refractivity contribution >= 4 is 0 Å². The van der Waals surface area contributed by atoms with E-state index in [9.17, 15) is 4.39 Å². The number of nitriles is 1. The van der Waals surface area contributed by atoms with Gasteiger partial charge in [-0.2, -0.15) is 5.26 Å². The highest BCUT2D eigenvalue weighted by atomic mass is 19.1. The molecule has 1 heterocycles. The lowest BCUT2D eigenvalue weighted by atomic mass is 9.70. The van der Waals surface area contributed by atoms with Crippen molar-refractivity contribution in [1.82, 2.24) is 4.90 Å². The second kappa shape index (κ2) is 7.85. The Bertz CT molecular complexity index is 791. The van der Waals surface area contributed by atoms with Crippen molar-refractivity contribution in [3.63, 3.8) is 0 Å². The van der Waals surface area contributed by atoms with Gasteiger partial charge in [-0.05, 0) is 36.6 Å². The number of allylic oxidation sites excluding steroid dienone is 1. The molecule has 3 heteroatoms. The van der Waals surface area contributed by atoms with E-state index < -0.39 is 11.6 Å². The summed E-state index contributed by atoms with van der Waals surface area (Å²) in [7, 11) is 0. The number of piperidine rings is 1. The van der Waals surface area contributed by atoms with E-state index in [0.29, 0.717) is 13.0 Å². The van der Waals surface area contributed by atoms with Gasteiger partial charge in [-0.3, -0.25) is 4.90 Å². The van der Waals surface area contributed by atoms with E-state index in [2.05, 4.69) is 53.9 Å². The molecule has 1 aliphatic rings. The monoisotopic (exact) mass is 348 g/mol. The van der Waals surface area contributed by atoms with E-state index in [0.717, 1.165) is 18.7 Å². The Balaban J connectivity index is 1.66. The lowest BCUT2D eigenvalue weighted by Gasteiger charge is -2.44. The Kier molecular flexibility index (Phi) is 5.54. The third-order valence-corrected chi connectivity index (χ3v) is 5.60. The van der Waals surface area contributed by atoms with Crippen molar-refractivity contribution in [2.45, 2.75) is 32.5 Å². The fourth-order valence-electron chi connectivity index (χ4n) is 3.81. The molecule has 1 fully saturated rings. The van der Waals surface area contributed by atoms with Crippen LogP contribution >= 0.6 is 0 Å². The summed E-state index contributed by atoms with van der Waals surface area (Å²) in [6, 6.07) is 20.9. The van der Waals surface area contributed by atoms with Gasteiger partial charge in [0.2, 0.25) is 0 Å². The van der Waals surface area contributed by atoms with Gasteiger partial charge < -0.3 is 0 Å². The fourth-order valence-corrected chi connectivity index (χ4v) is 3.81. The second-order valence-electron chi connectivity index (χ2n) is 7.29. The number of benzene rings is 2. The number of nitrogens with zero attached hydrogens (tertiary/aromatic N) is 2. The molecule has 0 saturated carbocycles. The molecule has 2 nitrogen and oxygen atoms in total. The van der Waals surface area contributed by atoms with E-state index in [-0.39, 0.29) is 6.42 Å². The van der Waals surface area contributed by atoms with Crippen LogP contribution in [0.3, 0.4) is 0 Å². The zero-order valence-corrected chi connectivity index (χ0v) is 15.3. The van der Waals surface area contributed by atoms with E-state index in [1.807, 2.05) is 25.1 Å². The summed E-state index contributed by atoms with van der Waals surface area (Å²) < 4.78 is 14.9. The van der Waals surface area contributed by atoms with Gasteiger partial charge in [-0.15, -0.1) is 0 Å². The Morgan fingerprint density at radius 3 is 2.42 bits per heavy atom. The van der Waals surface area contributed by atoms with Crippen LogP contribution in [-0.4, -0.2) is 24.2 Å². The standard InChI is InChI=1S/C23H25FN2/c1-18(2)23(12-14-25)13-15-26(17-22(23)24)16-19-8-10-21(11-9-19)20-6-4-3-5-7-20/h3-11,22H,1,12-13,15-17H2,2H3/t22-,23+/m1/s1. The van der Waals surface area contributed by atoms with Crippen molar-refractivity contribution < 1.29 is 4.39 Å². The Morgan fingerprint density at radius 1 is 1.19 bits per heavy atom. The van der Waals surface area contributed by atoms with Crippen LogP contribution in [0.2, 0.25) is 0 Å². The summed E-state index contributed by atoms with van der Waals surface area (Å²) in [6.45, 7) is 7.68. The van der Waals surface area contributed by atoms with Crippen LogP contribution in [0.15, 0.2) is 66.7 Å². The minimum atomic E-state index is -1.04.